The number of allylic oxidation sites excluding steroid dienone is 24. The molecule has 0 radical (unpaired) electrons. The molecule has 0 aromatic rings. The van der Waals surface area contributed by atoms with Crippen molar-refractivity contribution in [2.45, 2.75) is 264 Å². The van der Waals surface area contributed by atoms with Crippen molar-refractivity contribution in [3.63, 3.8) is 0 Å². The van der Waals surface area contributed by atoms with Gasteiger partial charge in [-0.25, -0.2) is 0 Å². The van der Waals surface area contributed by atoms with Gasteiger partial charge in [-0.2, -0.15) is 0 Å². The van der Waals surface area contributed by atoms with Gasteiger partial charge in [0.25, 0.3) is 0 Å². The maximum atomic E-state index is 12.9. The number of unbranched alkanes of at least 4 members (excludes halogenated alkanes) is 19. The van der Waals surface area contributed by atoms with E-state index in [0.717, 1.165) is 161 Å². The van der Waals surface area contributed by atoms with Crippen LogP contribution in [0.2, 0.25) is 0 Å². The molecular weight excluding hydrogens is 937 g/mol. The van der Waals surface area contributed by atoms with E-state index in [2.05, 4.69) is 167 Å². The summed E-state index contributed by atoms with van der Waals surface area (Å²) in [7, 11) is 0. The molecule has 0 aromatic heterocycles. The van der Waals surface area contributed by atoms with Gasteiger partial charge < -0.3 is 14.2 Å². The minimum Gasteiger partial charge on any atom is -0.462 e. The summed E-state index contributed by atoms with van der Waals surface area (Å²) in [6.07, 6.45) is 90.0. The third kappa shape index (κ3) is 60.2. The van der Waals surface area contributed by atoms with Gasteiger partial charge in [0, 0.05) is 19.3 Å². The summed E-state index contributed by atoms with van der Waals surface area (Å²) in [6.45, 7) is 6.35. The number of carbonyl (C=O) groups is 3. The van der Waals surface area contributed by atoms with Crippen LogP contribution in [0.15, 0.2) is 146 Å². The van der Waals surface area contributed by atoms with E-state index >= 15 is 0 Å². The van der Waals surface area contributed by atoms with Gasteiger partial charge in [-0.3, -0.25) is 14.4 Å². The van der Waals surface area contributed by atoms with Gasteiger partial charge in [-0.1, -0.05) is 263 Å². The Morgan fingerprint density at radius 2 is 0.513 bits per heavy atom. The molecule has 6 heteroatoms. The first-order valence-electron chi connectivity index (χ1n) is 30.8. The molecule has 0 saturated carbocycles. The first-order valence-corrected chi connectivity index (χ1v) is 30.8. The third-order valence-electron chi connectivity index (χ3n) is 12.6. The van der Waals surface area contributed by atoms with Crippen LogP contribution in [-0.2, 0) is 28.6 Å². The Morgan fingerprint density at radius 1 is 0.276 bits per heavy atom. The second-order valence-electron chi connectivity index (χ2n) is 19.9. The number of carbonyl (C=O) groups excluding carboxylic acids is 3. The average Bonchev–Trinajstić information content (AvgIpc) is 3.42. The Hall–Kier alpha value is -4.71. The molecule has 6 nitrogen and oxygen atoms in total. The molecule has 0 amide bonds. The van der Waals surface area contributed by atoms with E-state index in [0.29, 0.717) is 19.3 Å². The van der Waals surface area contributed by atoms with Crippen LogP contribution in [0, 0.1) is 0 Å². The maximum Gasteiger partial charge on any atom is 0.306 e. The fraction of sp³-hybridized carbons (Fsp3) is 0.614. The highest BCUT2D eigenvalue weighted by Crippen LogP contribution is 2.14. The fourth-order valence-corrected chi connectivity index (χ4v) is 8.04. The molecule has 76 heavy (non-hydrogen) atoms. The molecule has 0 aromatic carbocycles. The molecule has 0 aliphatic rings. The average molecular weight is 1050 g/mol. The predicted molar refractivity (Wildman–Crippen MR) is 329 cm³/mol. The van der Waals surface area contributed by atoms with Crippen molar-refractivity contribution < 1.29 is 28.6 Å². The van der Waals surface area contributed by atoms with Crippen LogP contribution in [0.25, 0.3) is 0 Å². The lowest BCUT2D eigenvalue weighted by Gasteiger charge is -2.18. The zero-order valence-electron chi connectivity index (χ0n) is 49.0. The summed E-state index contributed by atoms with van der Waals surface area (Å²) in [5, 5.41) is 0. The van der Waals surface area contributed by atoms with E-state index in [-0.39, 0.29) is 31.1 Å². The zero-order chi connectivity index (χ0) is 55.0. The van der Waals surface area contributed by atoms with Crippen molar-refractivity contribution in [1.82, 2.24) is 0 Å². The minimum atomic E-state index is -0.797. The van der Waals surface area contributed by atoms with Crippen LogP contribution < -0.4 is 0 Å². The number of hydrogen-bond donors (Lipinski definition) is 0. The summed E-state index contributed by atoms with van der Waals surface area (Å²) >= 11 is 0. The Balaban J connectivity index is 4.31. The molecule has 0 rings (SSSR count). The minimum absolute atomic E-state index is 0.0930. The Morgan fingerprint density at radius 3 is 0.803 bits per heavy atom. The monoisotopic (exact) mass is 1050 g/mol. The molecule has 0 spiro atoms. The van der Waals surface area contributed by atoms with Crippen molar-refractivity contribution in [3.8, 4) is 0 Å². The molecule has 428 valence electrons. The van der Waals surface area contributed by atoms with Gasteiger partial charge in [0.05, 0.1) is 0 Å². The van der Waals surface area contributed by atoms with Gasteiger partial charge in [-0.15, -0.1) is 0 Å². The predicted octanol–water partition coefficient (Wildman–Crippen LogP) is 21.2. The Kier molecular flexibility index (Phi) is 58.9. The molecule has 0 bridgehead atoms. The molecule has 0 aliphatic carbocycles. The number of hydrogen-bond acceptors (Lipinski definition) is 6. The SMILES string of the molecule is CC/C=C\C/C=C\C/C=C\C/C=C\C/C=C\C/C=C\CCCCCCCCC(=O)OCC(COC(=O)CCCCCCCCCC)OC(=O)CCCCCCCC/C=C\C/C=C\C/C=C\C/C=C\C/C=C\C/C=C\CC. The number of rotatable bonds is 54. The number of esters is 3. The fourth-order valence-electron chi connectivity index (χ4n) is 8.04. The normalized spacial score (nSPS) is 13.1. The second-order valence-corrected chi connectivity index (χ2v) is 19.9. The summed E-state index contributed by atoms with van der Waals surface area (Å²) in [6, 6.07) is 0. The van der Waals surface area contributed by atoms with Crippen LogP contribution >= 0.6 is 0 Å². The van der Waals surface area contributed by atoms with Gasteiger partial charge in [0.15, 0.2) is 6.10 Å². The van der Waals surface area contributed by atoms with E-state index in [1.807, 2.05) is 0 Å². The van der Waals surface area contributed by atoms with Crippen LogP contribution in [0.1, 0.15) is 258 Å². The molecular formula is C70H112O6. The van der Waals surface area contributed by atoms with Gasteiger partial charge in [0.2, 0.25) is 0 Å². The van der Waals surface area contributed by atoms with Crippen LogP contribution in [0.5, 0.6) is 0 Å². The van der Waals surface area contributed by atoms with Crippen LogP contribution in [0.3, 0.4) is 0 Å². The van der Waals surface area contributed by atoms with E-state index < -0.39 is 6.10 Å². The van der Waals surface area contributed by atoms with E-state index in [1.54, 1.807) is 0 Å². The first kappa shape index (κ1) is 71.3. The van der Waals surface area contributed by atoms with Crippen molar-refractivity contribution in [3.05, 3.63) is 146 Å². The Bertz CT molecular complexity index is 1680. The van der Waals surface area contributed by atoms with Crippen LogP contribution in [0.4, 0.5) is 0 Å². The summed E-state index contributed by atoms with van der Waals surface area (Å²) in [5.41, 5.74) is 0. The highest BCUT2D eigenvalue weighted by molar-refractivity contribution is 5.71. The van der Waals surface area contributed by atoms with E-state index in [4.69, 9.17) is 14.2 Å². The molecule has 0 aliphatic heterocycles. The third-order valence-corrected chi connectivity index (χ3v) is 12.6. The highest BCUT2D eigenvalue weighted by atomic mass is 16.6. The summed E-state index contributed by atoms with van der Waals surface area (Å²) in [4.78, 5) is 38.1. The first-order chi connectivity index (χ1) is 37.5. The highest BCUT2D eigenvalue weighted by Gasteiger charge is 2.19. The van der Waals surface area contributed by atoms with Gasteiger partial charge in [-0.05, 0) is 122 Å². The Labute approximate surface area is 467 Å². The van der Waals surface area contributed by atoms with Crippen molar-refractivity contribution in [1.29, 1.82) is 0 Å². The maximum absolute atomic E-state index is 12.9. The lowest BCUT2D eigenvalue weighted by molar-refractivity contribution is -0.167. The summed E-state index contributed by atoms with van der Waals surface area (Å²) in [5.74, 6) is -0.931. The van der Waals surface area contributed by atoms with Gasteiger partial charge >= 0.3 is 17.9 Å². The van der Waals surface area contributed by atoms with Crippen molar-refractivity contribution >= 4 is 17.9 Å². The van der Waals surface area contributed by atoms with Gasteiger partial charge in [0.1, 0.15) is 13.2 Å². The smallest absolute Gasteiger partial charge is 0.306 e. The van der Waals surface area contributed by atoms with Crippen molar-refractivity contribution in [2.24, 2.45) is 0 Å². The lowest BCUT2D eigenvalue weighted by Crippen LogP contribution is -2.30. The lowest BCUT2D eigenvalue weighted by atomic mass is 10.1. The molecule has 0 heterocycles. The molecule has 0 saturated heterocycles. The van der Waals surface area contributed by atoms with Crippen LogP contribution in [-0.4, -0.2) is 37.2 Å². The molecule has 0 N–H and O–H groups in total. The largest absolute Gasteiger partial charge is 0.462 e. The van der Waals surface area contributed by atoms with E-state index in [9.17, 15) is 14.4 Å². The van der Waals surface area contributed by atoms with E-state index in [1.165, 1.54) is 57.8 Å². The molecule has 0 fully saturated rings. The molecule has 1 unspecified atom stereocenters. The standard InChI is InChI=1S/C70H112O6/c1-4-7-10-13-16-19-21-23-25-27-29-31-33-35-37-39-41-43-45-47-49-51-54-57-60-63-69(72)75-66-67(65-74-68(71)62-59-56-53-18-15-12-9-6-3)76-70(73)64-61-58-55-52-50-48-46-44-42-40-38-36-34-32-30-28-26-24-22-20-17-14-11-8-5-2/h7-8,10-11,16-17,19-20,23-26,29-32,35-38,41-44,67H,4-6,9,12-15,18,21-22,27-28,33-34,39-40,45-66H2,1-3H3/b10-7-,11-8-,19-16-,20-17-,25-23-,26-24-,31-29-,32-30-,37-35-,38-36-,43-41-,44-42-. The quantitative estimate of drug-likeness (QED) is 0.0261. The topological polar surface area (TPSA) is 78.9 Å². The second kappa shape index (κ2) is 62.8. The number of ether oxygens (including phenoxy) is 3. The zero-order valence-corrected chi connectivity index (χ0v) is 49.0. The molecule has 1 atom stereocenters. The van der Waals surface area contributed by atoms with Crippen molar-refractivity contribution in [2.75, 3.05) is 13.2 Å². The summed E-state index contributed by atoms with van der Waals surface area (Å²) < 4.78 is 16.8.